The number of hydrogen-bond acceptors (Lipinski definition) is 2. The fraction of sp³-hybridized carbons (Fsp3) is 0.316. The Bertz CT molecular complexity index is 692. The van der Waals surface area contributed by atoms with Crippen LogP contribution in [0.5, 0.6) is 5.75 Å². The summed E-state index contributed by atoms with van der Waals surface area (Å²) in [5.74, 6) is 0.546. The predicted molar refractivity (Wildman–Crippen MR) is 95.4 cm³/mol. The number of anilines is 1. The number of nitrogens with one attached hydrogen (secondary N) is 1. The van der Waals surface area contributed by atoms with Gasteiger partial charge in [-0.25, -0.2) is 0 Å². The molecule has 2 aromatic rings. The summed E-state index contributed by atoms with van der Waals surface area (Å²) in [6.45, 7) is 7.83. The Morgan fingerprint density at radius 3 is 2.43 bits per heavy atom. The molecule has 0 radical (unpaired) electrons. The van der Waals surface area contributed by atoms with Crippen LogP contribution in [0, 0.1) is 20.8 Å². The van der Waals surface area contributed by atoms with Crippen LogP contribution < -0.4 is 10.1 Å². The summed E-state index contributed by atoms with van der Waals surface area (Å²) in [5, 5.41) is 3.53. The minimum absolute atomic E-state index is 0.169. The molecule has 0 unspecified atom stereocenters. The van der Waals surface area contributed by atoms with Gasteiger partial charge in [-0.3, -0.25) is 4.79 Å². The minimum Gasteiger partial charge on any atom is -0.481 e. The summed E-state index contributed by atoms with van der Waals surface area (Å²) >= 11 is 6.09. The first kappa shape index (κ1) is 17.4. The van der Waals surface area contributed by atoms with Gasteiger partial charge in [0.15, 0.2) is 6.10 Å². The normalized spacial score (nSPS) is 11.9. The molecular formula is C19H22ClNO2. The van der Waals surface area contributed by atoms with Crippen LogP contribution in [0.4, 0.5) is 5.69 Å². The van der Waals surface area contributed by atoms with Crippen molar-refractivity contribution in [3.05, 3.63) is 58.1 Å². The average molecular weight is 332 g/mol. The summed E-state index contributed by atoms with van der Waals surface area (Å²) < 4.78 is 5.88. The van der Waals surface area contributed by atoms with E-state index < -0.39 is 6.10 Å². The Balaban J connectivity index is 2.13. The van der Waals surface area contributed by atoms with Gasteiger partial charge in [0, 0.05) is 10.7 Å². The van der Waals surface area contributed by atoms with E-state index in [9.17, 15) is 4.79 Å². The van der Waals surface area contributed by atoms with Gasteiger partial charge >= 0.3 is 0 Å². The summed E-state index contributed by atoms with van der Waals surface area (Å²) in [6.07, 6.45) is 0.0351. The molecule has 0 aliphatic heterocycles. The number of amides is 1. The number of benzene rings is 2. The van der Waals surface area contributed by atoms with Gasteiger partial charge in [-0.05, 0) is 68.1 Å². The number of carbonyl (C=O) groups excluding carboxylic acids is 1. The second kappa shape index (κ2) is 7.51. The molecule has 0 aliphatic rings. The maximum Gasteiger partial charge on any atom is 0.265 e. The maximum absolute atomic E-state index is 12.5. The highest BCUT2D eigenvalue weighted by atomic mass is 35.5. The second-order valence-electron chi connectivity index (χ2n) is 5.74. The van der Waals surface area contributed by atoms with Crippen molar-refractivity contribution in [1.82, 2.24) is 0 Å². The highest BCUT2D eigenvalue weighted by molar-refractivity contribution is 6.31. The fourth-order valence-corrected chi connectivity index (χ4v) is 2.62. The highest BCUT2D eigenvalue weighted by Crippen LogP contribution is 2.24. The molecule has 1 N–H and O–H groups in total. The van der Waals surface area contributed by atoms with Crippen LogP contribution >= 0.6 is 11.6 Å². The van der Waals surface area contributed by atoms with E-state index in [4.69, 9.17) is 16.3 Å². The molecule has 3 nitrogen and oxygen atoms in total. The lowest BCUT2D eigenvalue weighted by Crippen LogP contribution is -2.32. The molecule has 23 heavy (non-hydrogen) atoms. The van der Waals surface area contributed by atoms with Crippen molar-refractivity contribution in [3.63, 3.8) is 0 Å². The Hall–Kier alpha value is -2.00. The largest absolute Gasteiger partial charge is 0.481 e. The number of rotatable bonds is 5. The molecule has 2 rings (SSSR count). The first-order valence-electron chi connectivity index (χ1n) is 7.71. The third kappa shape index (κ3) is 4.49. The second-order valence-corrected chi connectivity index (χ2v) is 6.15. The summed E-state index contributed by atoms with van der Waals surface area (Å²) in [4.78, 5) is 12.5. The third-order valence-electron chi connectivity index (χ3n) is 3.66. The third-order valence-corrected chi connectivity index (χ3v) is 4.07. The molecule has 0 spiro atoms. The van der Waals surface area contributed by atoms with E-state index in [1.807, 2.05) is 52.0 Å². The van der Waals surface area contributed by atoms with Gasteiger partial charge in [0.25, 0.3) is 5.91 Å². The van der Waals surface area contributed by atoms with Crippen LogP contribution in [0.3, 0.4) is 0 Å². The lowest BCUT2D eigenvalue weighted by Gasteiger charge is -2.19. The molecule has 2 aromatic carbocycles. The first-order chi connectivity index (χ1) is 10.9. The fourth-order valence-electron chi connectivity index (χ4n) is 2.44. The standard InChI is InChI=1S/C19H22ClNO2/c1-5-18(23-15-10-12(2)9-13(3)11-15)19(22)21-17-8-6-7-16(20)14(17)4/h6-11,18H,5H2,1-4H3,(H,21,22)/t18-/m1/s1. The van der Waals surface area contributed by atoms with Crippen molar-refractivity contribution in [2.75, 3.05) is 5.32 Å². The predicted octanol–water partition coefficient (Wildman–Crippen LogP) is 5.06. The van der Waals surface area contributed by atoms with Crippen molar-refractivity contribution in [3.8, 4) is 5.75 Å². The van der Waals surface area contributed by atoms with Crippen molar-refractivity contribution in [2.24, 2.45) is 0 Å². The molecule has 0 bridgehead atoms. The van der Waals surface area contributed by atoms with E-state index in [-0.39, 0.29) is 5.91 Å². The SMILES string of the molecule is CC[C@@H](Oc1cc(C)cc(C)c1)C(=O)Nc1cccc(Cl)c1C. The molecule has 0 aromatic heterocycles. The average Bonchev–Trinajstić information content (AvgIpc) is 2.48. The number of ether oxygens (including phenoxy) is 1. The van der Waals surface area contributed by atoms with Crippen molar-refractivity contribution >= 4 is 23.2 Å². The maximum atomic E-state index is 12.5. The molecule has 0 saturated carbocycles. The number of carbonyl (C=O) groups is 1. The quantitative estimate of drug-likeness (QED) is 0.831. The zero-order valence-electron chi connectivity index (χ0n) is 13.9. The van der Waals surface area contributed by atoms with E-state index in [1.165, 1.54) is 0 Å². The number of halogens is 1. The Kier molecular flexibility index (Phi) is 5.67. The summed E-state index contributed by atoms with van der Waals surface area (Å²) in [6, 6.07) is 11.4. The van der Waals surface area contributed by atoms with Crippen molar-refractivity contribution < 1.29 is 9.53 Å². The number of aryl methyl sites for hydroxylation is 2. The van der Waals surface area contributed by atoms with Crippen LogP contribution in [0.25, 0.3) is 0 Å². The smallest absolute Gasteiger partial charge is 0.265 e. The first-order valence-corrected chi connectivity index (χ1v) is 8.09. The van der Waals surface area contributed by atoms with Crippen LogP contribution in [0.2, 0.25) is 5.02 Å². The van der Waals surface area contributed by atoms with Crippen LogP contribution in [-0.2, 0) is 4.79 Å². The molecule has 0 aliphatic carbocycles. The van der Waals surface area contributed by atoms with Crippen LogP contribution in [-0.4, -0.2) is 12.0 Å². The van der Waals surface area contributed by atoms with Crippen LogP contribution in [0.1, 0.15) is 30.0 Å². The van der Waals surface area contributed by atoms with E-state index in [0.29, 0.717) is 22.9 Å². The van der Waals surface area contributed by atoms with Crippen molar-refractivity contribution in [2.45, 2.75) is 40.2 Å². The minimum atomic E-state index is -0.547. The Morgan fingerprint density at radius 2 is 1.83 bits per heavy atom. The summed E-state index contributed by atoms with van der Waals surface area (Å²) in [5.41, 5.74) is 3.79. The summed E-state index contributed by atoms with van der Waals surface area (Å²) in [7, 11) is 0. The molecule has 0 saturated heterocycles. The highest BCUT2D eigenvalue weighted by Gasteiger charge is 2.19. The molecule has 122 valence electrons. The van der Waals surface area contributed by atoms with E-state index in [0.717, 1.165) is 16.7 Å². The van der Waals surface area contributed by atoms with E-state index in [1.54, 1.807) is 6.07 Å². The molecule has 1 amide bonds. The van der Waals surface area contributed by atoms with Gasteiger partial charge in [0.05, 0.1) is 0 Å². The van der Waals surface area contributed by atoms with E-state index in [2.05, 4.69) is 11.4 Å². The van der Waals surface area contributed by atoms with Gasteiger partial charge in [-0.1, -0.05) is 30.7 Å². The van der Waals surface area contributed by atoms with E-state index >= 15 is 0 Å². The van der Waals surface area contributed by atoms with Crippen LogP contribution in [0.15, 0.2) is 36.4 Å². The molecule has 0 fully saturated rings. The van der Waals surface area contributed by atoms with Gasteiger partial charge in [-0.15, -0.1) is 0 Å². The molecular weight excluding hydrogens is 310 g/mol. The lowest BCUT2D eigenvalue weighted by molar-refractivity contribution is -0.122. The Labute approximate surface area is 142 Å². The zero-order chi connectivity index (χ0) is 17.0. The zero-order valence-corrected chi connectivity index (χ0v) is 14.7. The lowest BCUT2D eigenvalue weighted by atomic mass is 10.1. The van der Waals surface area contributed by atoms with Gasteiger partial charge in [0.2, 0.25) is 0 Å². The van der Waals surface area contributed by atoms with Crippen molar-refractivity contribution in [1.29, 1.82) is 0 Å². The molecule has 1 atom stereocenters. The topological polar surface area (TPSA) is 38.3 Å². The van der Waals surface area contributed by atoms with Gasteiger partial charge in [-0.2, -0.15) is 0 Å². The molecule has 4 heteroatoms. The van der Waals surface area contributed by atoms with Gasteiger partial charge < -0.3 is 10.1 Å². The van der Waals surface area contributed by atoms with Gasteiger partial charge in [0.1, 0.15) is 5.75 Å². The molecule has 0 heterocycles. The number of hydrogen-bond donors (Lipinski definition) is 1. The monoisotopic (exact) mass is 331 g/mol. The Morgan fingerprint density at radius 1 is 1.17 bits per heavy atom.